The largest absolute Gasteiger partial charge is 0.493 e. The average molecular weight is 302 g/mol. The van der Waals surface area contributed by atoms with Crippen molar-refractivity contribution in [3.05, 3.63) is 22.7 Å². The first kappa shape index (κ1) is 17.1. The molecule has 0 heterocycles. The summed E-state index contributed by atoms with van der Waals surface area (Å²) in [7, 11) is 1.60. The van der Waals surface area contributed by atoms with Crippen molar-refractivity contribution < 1.29 is 14.2 Å². The van der Waals surface area contributed by atoms with Crippen molar-refractivity contribution in [2.45, 2.75) is 39.3 Å². The van der Waals surface area contributed by atoms with E-state index in [0.29, 0.717) is 29.7 Å². The SMILES string of the molecule is COc1cc(CC(C)N)cc(Cl)c1OCCOC(C)C. The molecule has 114 valence electrons. The lowest BCUT2D eigenvalue weighted by atomic mass is 10.1. The van der Waals surface area contributed by atoms with Crippen molar-refractivity contribution in [2.24, 2.45) is 5.73 Å². The molecule has 1 aromatic carbocycles. The van der Waals surface area contributed by atoms with Gasteiger partial charge in [0.25, 0.3) is 0 Å². The van der Waals surface area contributed by atoms with Crippen LogP contribution in [0.1, 0.15) is 26.3 Å². The minimum Gasteiger partial charge on any atom is -0.493 e. The van der Waals surface area contributed by atoms with Crippen LogP contribution in [0.2, 0.25) is 5.02 Å². The summed E-state index contributed by atoms with van der Waals surface area (Å²) in [6, 6.07) is 3.85. The van der Waals surface area contributed by atoms with Crippen LogP contribution in [0.4, 0.5) is 0 Å². The molecule has 4 nitrogen and oxygen atoms in total. The van der Waals surface area contributed by atoms with Gasteiger partial charge in [-0.15, -0.1) is 0 Å². The Morgan fingerprint density at radius 2 is 1.90 bits per heavy atom. The molecule has 0 aliphatic carbocycles. The minimum atomic E-state index is 0.0713. The van der Waals surface area contributed by atoms with Gasteiger partial charge >= 0.3 is 0 Å². The second-order valence-electron chi connectivity index (χ2n) is 5.06. The molecule has 0 spiro atoms. The molecule has 1 rings (SSSR count). The summed E-state index contributed by atoms with van der Waals surface area (Å²) in [6.45, 7) is 6.86. The Kier molecular flexibility index (Phi) is 7.13. The summed E-state index contributed by atoms with van der Waals surface area (Å²) >= 11 is 6.25. The van der Waals surface area contributed by atoms with Crippen LogP contribution in [0.3, 0.4) is 0 Å². The summed E-state index contributed by atoms with van der Waals surface area (Å²) in [5.74, 6) is 1.17. The van der Waals surface area contributed by atoms with Crippen LogP contribution in [0, 0.1) is 0 Å². The number of halogens is 1. The molecule has 0 aliphatic rings. The fourth-order valence-electron chi connectivity index (χ4n) is 1.83. The summed E-state index contributed by atoms with van der Waals surface area (Å²) in [5.41, 5.74) is 6.83. The van der Waals surface area contributed by atoms with Crippen molar-refractivity contribution >= 4 is 11.6 Å². The van der Waals surface area contributed by atoms with Gasteiger partial charge in [0.1, 0.15) is 6.61 Å². The van der Waals surface area contributed by atoms with Gasteiger partial charge < -0.3 is 19.9 Å². The maximum absolute atomic E-state index is 6.25. The molecule has 0 fully saturated rings. The first-order valence-corrected chi connectivity index (χ1v) is 7.18. The highest BCUT2D eigenvalue weighted by Crippen LogP contribution is 2.36. The van der Waals surface area contributed by atoms with E-state index < -0.39 is 0 Å². The zero-order chi connectivity index (χ0) is 15.1. The molecule has 0 saturated heterocycles. The smallest absolute Gasteiger partial charge is 0.179 e. The molecule has 0 saturated carbocycles. The van der Waals surface area contributed by atoms with E-state index in [1.54, 1.807) is 7.11 Å². The molecule has 0 aromatic heterocycles. The molecule has 1 unspecified atom stereocenters. The standard InChI is InChI=1S/C15H24ClNO3/c1-10(2)19-5-6-20-15-13(16)8-12(7-11(3)17)9-14(15)18-4/h8-11H,5-7,17H2,1-4H3. The molecule has 5 heteroatoms. The van der Waals surface area contributed by atoms with Crippen molar-refractivity contribution in [1.29, 1.82) is 0 Å². The van der Waals surface area contributed by atoms with Crippen LogP contribution in [0.25, 0.3) is 0 Å². The minimum absolute atomic E-state index is 0.0713. The molecule has 20 heavy (non-hydrogen) atoms. The number of hydrogen-bond donors (Lipinski definition) is 1. The lowest BCUT2D eigenvalue weighted by Gasteiger charge is -2.15. The highest BCUT2D eigenvalue weighted by Gasteiger charge is 2.13. The lowest BCUT2D eigenvalue weighted by molar-refractivity contribution is 0.0547. The summed E-state index contributed by atoms with van der Waals surface area (Å²) < 4.78 is 16.4. The Balaban J connectivity index is 2.74. The van der Waals surface area contributed by atoms with E-state index in [0.717, 1.165) is 12.0 Å². The van der Waals surface area contributed by atoms with Crippen molar-refractivity contribution in [3.63, 3.8) is 0 Å². The third kappa shape index (κ3) is 5.57. The molecule has 0 amide bonds. The third-order valence-corrected chi connectivity index (χ3v) is 2.91. The topological polar surface area (TPSA) is 53.7 Å². The van der Waals surface area contributed by atoms with E-state index in [9.17, 15) is 0 Å². The fraction of sp³-hybridized carbons (Fsp3) is 0.600. The maximum atomic E-state index is 6.25. The van der Waals surface area contributed by atoms with Gasteiger partial charge in [0, 0.05) is 6.04 Å². The summed E-state index contributed by atoms with van der Waals surface area (Å²) in [6.07, 6.45) is 0.927. The molecule has 0 bridgehead atoms. The van der Waals surface area contributed by atoms with Gasteiger partial charge in [-0.25, -0.2) is 0 Å². The Morgan fingerprint density at radius 1 is 1.20 bits per heavy atom. The van der Waals surface area contributed by atoms with E-state index in [1.165, 1.54) is 0 Å². The average Bonchev–Trinajstić information content (AvgIpc) is 2.34. The van der Waals surface area contributed by atoms with Crippen LogP contribution >= 0.6 is 11.6 Å². The van der Waals surface area contributed by atoms with Gasteiger partial charge in [0.2, 0.25) is 0 Å². The highest BCUT2D eigenvalue weighted by molar-refractivity contribution is 6.32. The first-order valence-electron chi connectivity index (χ1n) is 6.80. The van der Waals surface area contributed by atoms with E-state index in [1.807, 2.05) is 32.9 Å². The van der Waals surface area contributed by atoms with Crippen LogP contribution < -0.4 is 15.2 Å². The number of methoxy groups -OCH3 is 1. The Labute approximate surface area is 126 Å². The quantitative estimate of drug-likeness (QED) is 0.750. The van der Waals surface area contributed by atoms with Crippen molar-refractivity contribution in [2.75, 3.05) is 20.3 Å². The Bertz CT molecular complexity index is 422. The van der Waals surface area contributed by atoms with E-state index in [2.05, 4.69) is 0 Å². The predicted molar refractivity (Wildman–Crippen MR) is 81.9 cm³/mol. The van der Waals surface area contributed by atoms with E-state index >= 15 is 0 Å². The second kappa shape index (κ2) is 8.35. The van der Waals surface area contributed by atoms with Gasteiger partial charge in [0.15, 0.2) is 11.5 Å². The van der Waals surface area contributed by atoms with Crippen LogP contribution in [0.5, 0.6) is 11.5 Å². The fourth-order valence-corrected chi connectivity index (χ4v) is 2.12. The normalized spacial score (nSPS) is 12.6. The van der Waals surface area contributed by atoms with Gasteiger partial charge in [-0.05, 0) is 44.9 Å². The number of hydrogen-bond acceptors (Lipinski definition) is 4. The van der Waals surface area contributed by atoms with Gasteiger partial charge in [-0.1, -0.05) is 11.6 Å². The Morgan fingerprint density at radius 3 is 2.45 bits per heavy atom. The second-order valence-corrected chi connectivity index (χ2v) is 5.47. The first-order chi connectivity index (χ1) is 9.43. The molecule has 2 N–H and O–H groups in total. The van der Waals surface area contributed by atoms with Gasteiger partial charge in [0.05, 0.1) is 24.8 Å². The molecule has 1 aromatic rings. The van der Waals surface area contributed by atoms with Crippen molar-refractivity contribution in [3.8, 4) is 11.5 Å². The maximum Gasteiger partial charge on any atom is 0.179 e. The molecular weight excluding hydrogens is 278 g/mol. The van der Waals surface area contributed by atoms with Gasteiger partial charge in [-0.3, -0.25) is 0 Å². The summed E-state index contributed by atoms with van der Waals surface area (Å²) in [4.78, 5) is 0. The number of benzene rings is 1. The predicted octanol–water partition coefficient (Wildman–Crippen LogP) is 3.04. The molecule has 0 aliphatic heterocycles. The van der Waals surface area contributed by atoms with Crippen LogP contribution in [-0.4, -0.2) is 32.5 Å². The van der Waals surface area contributed by atoms with E-state index in [4.69, 9.17) is 31.5 Å². The zero-order valence-corrected chi connectivity index (χ0v) is 13.4. The summed E-state index contributed by atoms with van der Waals surface area (Å²) in [5, 5.41) is 0.532. The Hall–Kier alpha value is -0.970. The molecule has 0 radical (unpaired) electrons. The molecule has 1 atom stereocenters. The van der Waals surface area contributed by atoms with Crippen LogP contribution in [0.15, 0.2) is 12.1 Å². The van der Waals surface area contributed by atoms with Gasteiger partial charge in [-0.2, -0.15) is 0 Å². The third-order valence-electron chi connectivity index (χ3n) is 2.63. The number of rotatable bonds is 8. The zero-order valence-electron chi connectivity index (χ0n) is 12.6. The lowest BCUT2D eigenvalue weighted by Crippen LogP contribution is -2.18. The number of nitrogens with two attached hydrogens (primary N) is 1. The highest BCUT2D eigenvalue weighted by atomic mass is 35.5. The van der Waals surface area contributed by atoms with Crippen LogP contribution in [-0.2, 0) is 11.2 Å². The number of ether oxygens (including phenoxy) is 3. The van der Waals surface area contributed by atoms with Crippen molar-refractivity contribution in [1.82, 2.24) is 0 Å². The monoisotopic (exact) mass is 301 g/mol. The van der Waals surface area contributed by atoms with E-state index in [-0.39, 0.29) is 12.1 Å². The molecular formula is C15H24ClNO3.